The van der Waals surface area contributed by atoms with E-state index in [1.54, 1.807) is 40.9 Å². The van der Waals surface area contributed by atoms with Crippen molar-refractivity contribution in [3.8, 4) is 11.8 Å². The summed E-state index contributed by atoms with van der Waals surface area (Å²) >= 11 is 0. The molecule has 0 fully saturated rings. The van der Waals surface area contributed by atoms with Gasteiger partial charge in [0.15, 0.2) is 11.6 Å². The molecule has 12 heteroatoms. The van der Waals surface area contributed by atoms with Gasteiger partial charge in [-0.25, -0.2) is 19.2 Å². The van der Waals surface area contributed by atoms with Crippen LogP contribution in [0.4, 0.5) is 32.5 Å². The number of ether oxygens (including phenoxy) is 1. The van der Waals surface area contributed by atoms with E-state index in [1.165, 1.54) is 24.2 Å². The van der Waals surface area contributed by atoms with Crippen LogP contribution in [0.3, 0.4) is 0 Å². The number of carbonyl (C=O) groups excluding carboxylic acids is 2. The number of pyridine rings is 1. The number of aromatic nitrogens is 3. The minimum atomic E-state index is -0.670. The number of unbranched alkanes of at least 4 members (excludes halogenated alkanes) is 1. The molecule has 0 aliphatic carbocycles. The highest BCUT2D eigenvalue weighted by molar-refractivity contribution is 5.85. The average Bonchev–Trinajstić information content (AvgIpc) is 2.88. The maximum absolute atomic E-state index is 14.0. The van der Waals surface area contributed by atoms with Crippen LogP contribution in [-0.4, -0.2) is 70.7 Å². The summed E-state index contributed by atoms with van der Waals surface area (Å²) in [6.07, 6.45) is 4.58. The predicted octanol–water partition coefficient (Wildman–Crippen LogP) is 4.12. The minimum absolute atomic E-state index is 0.152. The molecule has 0 saturated carbocycles. The molecule has 0 saturated heterocycles. The molecule has 0 bridgehead atoms. The van der Waals surface area contributed by atoms with Gasteiger partial charge in [0, 0.05) is 39.7 Å². The highest BCUT2D eigenvalue weighted by Crippen LogP contribution is 2.20. The lowest BCUT2D eigenvalue weighted by Gasteiger charge is -2.28. The van der Waals surface area contributed by atoms with Gasteiger partial charge in [-0.2, -0.15) is 4.98 Å². The van der Waals surface area contributed by atoms with E-state index in [9.17, 15) is 14.0 Å². The van der Waals surface area contributed by atoms with Crippen LogP contribution >= 0.6 is 0 Å². The number of carbonyl (C=O) groups is 2. The predicted molar refractivity (Wildman–Crippen MR) is 150 cm³/mol. The summed E-state index contributed by atoms with van der Waals surface area (Å²) in [7, 11) is 3.13. The van der Waals surface area contributed by atoms with E-state index in [2.05, 4.69) is 48.1 Å². The maximum atomic E-state index is 14.0. The van der Waals surface area contributed by atoms with Crippen molar-refractivity contribution in [2.75, 3.05) is 43.1 Å². The Hall–Kier alpha value is -4.14. The van der Waals surface area contributed by atoms with Crippen LogP contribution in [-0.2, 0) is 9.53 Å². The van der Waals surface area contributed by atoms with Crippen molar-refractivity contribution < 1.29 is 18.7 Å². The fraction of sp³-hybridized carbons (Fsp3) is 0.519. The quantitative estimate of drug-likeness (QED) is 0.244. The Labute approximate surface area is 229 Å². The zero-order valence-electron chi connectivity index (χ0n) is 23.7. The second-order valence-corrected chi connectivity index (χ2v) is 9.78. The Morgan fingerprint density at radius 3 is 2.56 bits per heavy atom. The molecule has 0 radical (unpaired) electrons. The number of hydrogen-bond acceptors (Lipinski definition) is 9. The van der Waals surface area contributed by atoms with Crippen LogP contribution in [0.1, 0.15) is 59.4 Å². The SMILES string of the molecule is CCCNc1nc(Nc2cnc(NC)c(F)c2)ncc1C#CCCCNC(=O)[C@H](C)N(C)C(=O)OC(C)(C)C. The van der Waals surface area contributed by atoms with Crippen molar-refractivity contribution >= 4 is 35.3 Å². The summed E-state index contributed by atoms with van der Waals surface area (Å²) in [4.78, 5) is 38.6. The van der Waals surface area contributed by atoms with Crippen molar-refractivity contribution in [1.82, 2.24) is 25.2 Å². The lowest BCUT2D eigenvalue weighted by Crippen LogP contribution is -2.47. The van der Waals surface area contributed by atoms with E-state index in [4.69, 9.17) is 4.74 Å². The van der Waals surface area contributed by atoms with E-state index >= 15 is 0 Å². The van der Waals surface area contributed by atoms with Crippen molar-refractivity contribution in [3.05, 3.63) is 29.8 Å². The normalized spacial score (nSPS) is 11.5. The van der Waals surface area contributed by atoms with E-state index < -0.39 is 23.6 Å². The van der Waals surface area contributed by atoms with Gasteiger partial charge in [0.2, 0.25) is 11.9 Å². The van der Waals surface area contributed by atoms with Crippen LogP contribution in [0, 0.1) is 17.7 Å². The maximum Gasteiger partial charge on any atom is 0.410 e. The van der Waals surface area contributed by atoms with Crippen LogP contribution in [0.25, 0.3) is 0 Å². The van der Waals surface area contributed by atoms with E-state index in [-0.39, 0.29) is 17.7 Å². The van der Waals surface area contributed by atoms with Crippen LogP contribution in [0.15, 0.2) is 18.5 Å². The molecule has 0 aromatic carbocycles. The summed E-state index contributed by atoms with van der Waals surface area (Å²) in [5, 5.41) is 11.7. The largest absolute Gasteiger partial charge is 0.444 e. The third kappa shape index (κ3) is 10.3. The Balaban J connectivity index is 1.93. The number of halogens is 1. The van der Waals surface area contributed by atoms with Crippen LogP contribution < -0.4 is 21.3 Å². The lowest BCUT2D eigenvalue weighted by atomic mass is 10.2. The van der Waals surface area contributed by atoms with E-state index in [0.717, 1.165) is 6.42 Å². The lowest BCUT2D eigenvalue weighted by molar-refractivity contribution is -0.125. The smallest absolute Gasteiger partial charge is 0.410 e. The molecular formula is C27H39FN8O3. The first kappa shape index (κ1) is 31.1. The number of hydrogen-bond donors (Lipinski definition) is 4. The van der Waals surface area contributed by atoms with Crippen LogP contribution in [0.5, 0.6) is 0 Å². The van der Waals surface area contributed by atoms with Crippen molar-refractivity contribution in [1.29, 1.82) is 0 Å². The third-order valence-corrected chi connectivity index (χ3v) is 5.31. The van der Waals surface area contributed by atoms with Crippen molar-refractivity contribution in [3.63, 3.8) is 0 Å². The van der Waals surface area contributed by atoms with Gasteiger partial charge in [-0.1, -0.05) is 18.8 Å². The molecule has 2 aromatic heterocycles. The number of rotatable bonds is 11. The third-order valence-electron chi connectivity index (χ3n) is 5.31. The summed E-state index contributed by atoms with van der Waals surface area (Å²) in [6, 6.07) is 0.639. The van der Waals surface area contributed by atoms with Gasteiger partial charge in [-0.05, 0) is 40.5 Å². The van der Waals surface area contributed by atoms with Gasteiger partial charge in [0.1, 0.15) is 17.5 Å². The molecule has 39 heavy (non-hydrogen) atoms. The van der Waals surface area contributed by atoms with Gasteiger partial charge in [0.05, 0.1) is 23.6 Å². The van der Waals surface area contributed by atoms with Gasteiger partial charge in [-0.3, -0.25) is 9.69 Å². The molecule has 11 nitrogen and oxygen atoms in total. The zero-order valence-corrected chi connectivity index (χ0v) is 23.7. The zero-order chi connectivity index (χ0) is 29.0. The van der Waals surface area contributed by atoms with Crippen molar-refractivity contribution in [2.45, 2.75) is 65.5 Å². The topological polar surface area (TPSA) is 133 Å². The monoisotopic (exact) mass is 542 g/mol. The second kappa shape index (κ2) is 14.7. The Morgan fingerprint density at radius 2 is 1.92 bits per heavy atom. The van der Waals surface area contributed by atoms with Crippen LogP contribution in [0.2, 0.25) is 0 Å². The van der Waals surface area contributed by atoms with E-state index in [0.29, 0.717) is 43.0 Å². The molecule has 212 valence electrons. The summed E-state index contributed by atoms with van der Waals surface area (Å²) in [6.45, 7) is 10.1. The highest BCUT2D eigenvalue weighted by Gasteiger charge is 2.26. The molecule has 0 spiro atoms. The minimum Gasteiger partial charge on any atom is -0.444 e. The number of likely N-dealkylation sites (N-methyl/N-ethyl adjacent to an activating group) is 1. The Morgan fingerprint density at radius 1 is 1.18 bits per heavy atom. The molecule has 0 unspecified atom stereocenters. The van der Waals surface area contributed by atoms with Gasteiger partial charge in [-0.15, -0.1) is 0 Å². The first-order valence-electron chi connectivity index (χ1n) is 12.9. The first-order chi connectivity index (χ1) is 18.4. The molecule has 1 atom stereocenters. The molecular weight excluding hydrogens is 503 g/mol. The second-order valence-electron chi connectivity index (χ2n) is 9.78. The summed E-state index contributed by atoms with van der Waals surface area (Å²) < 4.78 is 19.3. The van der Waals surface area contributed by atoms with Gasteiger partial charge >= 0.3 is 6.09 Å². The molecule has 2 aromatic rings. The standard InChI is InChI=1S/C27H39FN8O3/c1-8-13-30-22-19(16-33-25(35-22)34-20-15-21(28)23(29-6)32-17-20)12-10-9-11-14-31-24(37)18(2)36(7)26(38)39-27(3,4)5/h15-18H,8-9,11,13-14H2,1-7H3,(H,29,32)(H,31,37)(H2,30,33,34,35)/t18-/m0/s1. The summed E-state index contributed by atoms with van der Waals surface area (Å²) in [5.74, 6) is 6.40. The highest BCUT2D eigenvalue weighted by atomic mass is 19.1. The van der Waals surface area contributed by atoms with Crippen molar-refractivity contribution in [2.24, 2.45) is 0 Å². The summed E-state index contributed by atoms with van der Waals surface area (Å²) in [5.41, 5.74) is 0.407. The average molecular weight is 543 g/mol. The molecule has 4 N–H and O–H groups in total. The van der Waals surface area contributed by atoms with Gasteiger partial charge in [0.25, 0.3) is 0 Å². The number of nitrogens with one attached hydrogen (secondary N) is 4. The molecule has 0 aliphatic rings. The fourth-order valence-electron chi connectivity index (χ4n) is 3.09. The van der Waals surface area contributed by atoms with Gasteiger partial charge < -0.3 is 26.0 Å². The van der Waals surface area contributed by atoms with E-state index in [1.807, 2.05) is 6.92 Å². The molecule has 2 rings (SSSR count). The molecule has 0 aliphatic heterocycles. The number of anilines is 4. The number of nitrogens with zero attached hydrogens (tertiary/aromatic N) is 4. The Kier molecular flexibility index (Phi) is 11.7. The number of amides is 2. The fourth-order valence-corrected chi connectivity index (χ4v) is 3.09. The first-order valence-corrected chi connectivity index (χ1v) is 12.9. The molecule has 2 heterocycles. The molecule has 2 amide bonds. The Bertz CT molecular complexity index is 1190.